The number of pyridine rings is 1. The Morgan fingerprint density at radius 3 is 3.00 bits per heavy atom. The summed E-state index contributed by atoms with van der Waals surface area (Å²) in [6, 6.07) is 3.72. The highest BCUT2D eigenvalue weighted by molar-refractivity contribution is 9.10. The number of thiophene rings is 1. The monoisotopic (exact) mass is 256 g/mol. The summed E-state index contributed by atoms with van der Waals surface area (Å²) in [7, 11) is 0. The van der Waals surface area contributed by atoms with Crippen molar-refractivity contribution in [2.45, 2.75) is 0 Å². The molecule has 66 valence electrons. The molecule has 0 aliphatic carbocycles. The second-order valence-corrected chi connectivity index (χ2v) is 4.26. The summed E-state index contributed by atoms with van der Waals surface area (Å²) < 4.78 is 0.744. The van der Waals surface area contributed by atoms with Crippen LogP contribution in [-0.4, -0.2) is 10.9 Å². The van der Waals surface area contributed by atoms with Gasteiger partial charge in [-0.25, -0.2) is 4.98 Å². The zero-order chi connectivity index (χ0) is 9.42. The zero-order valence-corrected chi connectivity index (χ0v) is 8.85. The molecule has 0 saturated heterocycles. The predicted molar refractivity (Wildman–Crippen MR) is 55.8 cm³/mol. The molecule has 2 N–H and O–H groups in total. The highest BCUT2D eigenvalue weighted by atomic mass is 79.9. The van der Waals surface area contributed by atoms with Crippen LogP contribution in [0.5, 0.6) is 0 Å². The molecular formula is C8H5BrN2OS. The number of rotatable bonds is 1. The Balaban J connectivity index is 2.81. The van der Waals surface area contributed by atoms with E-state index in [1.807, 2.05) is 12.1 Å². The molecule has 5 heteroatoms. The maximum Gasteiger partial charge on any atom is 0.260 e. The van der Waals surface area contributed by atoms with Crippen LogP contribution in [0.25, 0.3) is 10.2 Å². The van der Waals surface area contributed by atoms with Gasteiger partial charge < -0.3 is 5.73 Å². The fourth-order valence-corrected chi connectivity index (χ4v) is 2.84. The molecule has 0 aromatic carbocycles. The molecule has 13 heavy (non-hydrogen) atoms. The van der Waals surface area contributed by atoms with E-state index in [4.69, 9.17) is 5.73 Å². The second-order valence-electron chi connectivity index (χ2n) is 2.47. The van der Waals surface area contributed by atoms with Gasteiger partial charge in [0, 0.05) is 11.6 Å². The van der Waals surface area contributed by atoms with Crippen molar-refractivity contribution in [2.24, 2.45) is 5.73 Å². The first-order valence-corrected chi connectivity index (χ1v) is 5.14. The Morgan fingerprint density at radius 2 is 2.38 bits per heavy atom. The summed E-state index contributed by atoms with van der Waals surface area (Å²) in [5.41, 5.74) is 5.19. The number of aromatic nitrogens is 1. The molecule has 0 aliphatic heterocycles. The van der Waals surface area contributed by atoms with Crippen molar-refractivity contribution in [3.05, 3.63) is 27.7 Å². The van der Waals surface area contributed by atoms with Gasteiger partial charge in [0.1, 0.15) is 9.71 Å². The van der Waals surface area contributed by atoms with Crippen molar-refractivity contribution < 1.29 is 4.79 Å². The molecule has 2 aromatic rings. The molecular weight excluding hydrogens is 252 g/mol. The van der Waals surface area contributed by atoms with Crippen LogP contribution in [0.4, 0.5) is 0 Å². The van der Waals surface area contributed by atoms with E-state index in [0.717, 1.165) is 14.7 Å². The number of carbonyl (C=O) groups excluding carboxylic acids is 1. The van der Waals surface area contributed by atoms with Crippen molar-refractivity contribution in [2.75, 3.05) is 0 Å². The lowest BCUT2D eigenvalue weighted by molar-refractivity contribution is 0.100. The van der Waals surface area contributed by atoms with Gasteiger partial charge in [-0.05, 0) is 28.1 Å². The predicted octanol–water partition coefficient (Wildman–Crippen LogP) is 2.16. The maximum absolute atomic E-state index is 11.0. The number of fused-ring (bicyclic) bond motifs is 1. The number of halogens is 1. The number of amides is 1. The summed E-state index contributed by atoms with van der Waals surface area (Å²) in [6.45, 7) is 0. The topological polar surface area (TPSA) is 56.0 Å². The van der Waals surface area contributed by atoms with Gasteiger partial charge in [-0.1, -0.05) is 0 Å². The van der Waals surface area contributed by atoms with Gasteiger partial charge in [-0.3, -0.25) is 4.79 Å². The third-order valence-corrected chi connectivity index (χ3v) is 3.84. The van der Waals surface area contributed by atoms with Crippen molar-refractivity contribution in [3.63, 3.8) is 0 Å². The lowest BCUT2D eigenvalue weighted by atomic mass is 10.3. The quantitative estimate of drug-likeness (QED) is 0.851. The first kappa shape index (κ1) is 8.65. The van der Waals surface area contributed by atoms with Crippen molar-refractivity contribution in [3.8, 4) is 0 Å². The fourth-order valence-electron chi connectivity index (χ4n) is 1.06. The van der Waals surface area contributed by atoms with E-state index in [9.17, 15) is 4.79 Å². The first-order chi connectivity index (χ1) is 6.20. The minimum Gasteiger partial charge on any atom is -0.365 e. The van der Waals surface area contributed by atoms with Crippen LogP contribution in [0.3, 0.4) is 0 Å². The number of carbonyl (C=O) groups is 1. The minimum absolute atomic E-state index is 0.421. The Labute approximate surface area is 86.7 Å². The smallest absolute Gasteiger partial charge is 0.260 e. The SMILES string of the molecule is NC(=O)c1sc2ncccc2c1Br. The van der Waals surface area contributed by atoms with E-state index < -0.39 is 5.91 Å². The van der Waals surface area contributed by atoms with Crippen LogP contribution in [0, 0.1) is 0 Å². The number of nitrogens with two attached hydrogens (primary N) is 1. The Bertz CT molecular complexity index is 480. The summed E-state index contributed by atoms with van der Waals surface area (Å²) in [5.74, 6) is -0.421. The Morgan fingerprint density at radius 1 is 1.62 bits per heavy atom. The summed E-state index contributed by atoms with van der Waals surface area (Å²) in [6.07, 6.45) is 1.69. The first-order valence-electron chi connectivity index (χ1n) is 3.53. The van der Waals surface area contributed by atoms with Gasteiger partial charge in [0.25, 0.3) is 5.91 Å². The van der Waals surface area contributed by atoms with Crippen LogP contribution in [-0.2, 0) is 0 Å². The number of primary amides is 1. The molecule has 0 unspecified atom stereocenters. The van der Waals surface area contributed by atoms with E-state index in [2.05, 4.69) is 20.9 Å². The van der Waals surface area contributed by atoms with Crippen LogP contribution in [0.15, 0.2) is 22.8 Å². The molecule has 2 rings (SSSR count). The molecule has 2 heterocycles. The zero-order valence-electron chi connectivity index (χ0n) is 6.45. The Kier molecular flexibility index (Phi) is 2.05. The molecule has 0 bridgehead atoms. The molecule has 3 nitrogen and oxygen atoms in total. The standard InChI is InChI=1S/C8H5BrN2OS/c9-5-4-2-1-3-11-8(4)13-6(5)7(10)12/h1-3H,(H2,10,12). The summed E-state index contributed by atoms with van der Waals surface area (Å²) in [4.78, 5) is 16.4. The van der Waals surface area contributed by atoms with Crippen molar-refractivity contribution >= 4 is 43.4 Å². The molecule has 2 aromatic heterocycles. The lowest BCUT2D eigenvalue weighted by Crippen LogP contribution is -2.08. The van der Waals surface area contributed by atoms with Crippen LogP contribution < -0.4 is 5.73 Å². The Hall–Kier alpha value is -0.940. The number of hydrogen-bond donors (Lipinski definition) is 1. The van der Waals surface area contributed by atoms with Gasteiger partial charge in [0.2, 0.25) is 0 Å². The molecule has 0 aliphatic rings. The highest BCUT2D eigenvalue weighted by Crippen LogP contribution is 2.33. The molecule has 0 atom stereocenters. The highest BCUT2D eigenvalue weighted by Gasteiger charge is 2.13. The second kappa shape index (κ2) is 3.08. The van der Waals surface area contributed by atoms with E-state index in [0.29, 0.717) is 4.88 Å². The van der Waals surface area contributed by atoms with Gasteiger partial charge in [-0.15, -0.1) is 11.3 Å². The maximum atomic E-state index is 11.0. The normalized spacial score (nSPS) is 10.5. The number of nitrogens with zero attached hydrogens (tertiary/aromatic N) is 1. The van der Waals surface area contributed by atoms with E-state index in [-0.39, 0.29) is 0 Å². The fraction of sp³-hybridized carbons (Fsp3) is 0. The van der Waals surface area contributed by atoms with Crippen LogP contribution in [0.1, 0.15) is 9.67 Å². The molecule has 1 amide bonds. The van der Waals surface area contributed by atoms with Gasteiger partial charge in [-0.2, -0.15) is 0 Å². The van der Waals surface area contributed by atoms with Crippen molar-refractivity contribution in [1.82, 2.24) is 4.98 Å². The molecule has 0 saturated carbocycles. The lowest BCUT2D eigenvalue weighted by Gasteiger charge is -1.88. The van der Waals surface area contributed by atoms with E-state index in [1.54, 1.807) is 6.20 Å². The molecule has 0 radical (unpaired) electrons. The number of hydrogen-bond acceptors (Lipinski definition) is 3. The minimum atomic E-state index is -0.421. The van der Waals surface area contributed by atoms with Crippen LogP contribution in [0.2, 0.25) is 0 Å². The molecule has 0 spiro atoms. The third-order valence-electron chi connectivity index (χ3n) is 1.63. The summed E-state index contributed by atoms with van der Waals surface area (Å²) >= 11 is 4.62. The third kappa shape index (κ3) is 1.34. The molecule has 0 fully saturated rings. The van der Waals surface area contributed by atoms with E-state index >= 15 is 0 Å². The van der Waals surface area contributed by atoms with E-state index in [1.165, 1.54) is 11.3 Å². The van der Waals surface area contributed by atoms with Gasteiger partial charge in [0.15, 0.2) is 0 Å². The average Bonchev–Trinajstić information content (AvgIpc) is 2.45. The largest absolute Gasteiger partial charge is 0.365 e. The van der Waals surface area contributed by atoms with Crippen LogP contribution >= 0.6 is 27.3 Å². The van der Waals surface area contributed by atoms with Crippen molar-refractivity contribution in [1.29, 1.82) is 0 Å². The van der Waals surface area contributed by atoms with Gasteiger partial charge in [0.05, 0.1) is 4.47 Å². The van der Waals surface area contributed by atoms with Gasteiger partial charge >= 0.3 is 0 Å². The summed E-state index contributed by atoms with van der Waals surface area (Å²) in [5, 5.41) is 0.932. The average molecular weight is 257 g/mol.